The van der Waals surface area contributed by atoms with Crippen LogP contribution in [-0.2, 0) is 11.2 Å². The number of rotatable bonds is 4. The first-order chi connectivity index (χ1) is 12.5. The average molecular weight is 385 g/mol. The Labute approximate surface area is 152 Å². The fourth-order valence-electron chi connectivity index (χ4n) is 2.93. The zero-order valence-corrected chi connectivity index (χ0v) is 14.5. The molecule has 0 saturated heterocycles. The molecule has 3 rings (SSSR count). The van der Waals surface area contributed by atoms with Crippen LogP contribution in [-0.4, -0.2) is 29.1 Å². The molecule has 0 bridgehead atoms. The lowest BCUT2D eigenvalue weighted by Gasteiger charge is -2.42. The zero-order chi connectivity index (χ0) is 19.8. The van der Waals surface area contributed by atoms with Crippen LogP contribution >= 0.6 is 0 Å². The molecule has 0 fully saturated rings. The predicted molar refractivity (Wildman–Crippen MR) is 87.1 cm³/mol. The summed E-state index contributed by atoms with van der Waals surface area (Å²) in [6.07, 6.45) is -4.72. The van der Waals surface area contributed by atoms with Crippen LogP contribution < -0.4 is 14.8 Å². The van der Waals surface area contributed by atoms with Gasteiger partial charge in [0.15, 0.2) is 0 Å². The fraction of sp³-hybridized carbons (Fsp3) is 0.389. The average Bonchev–Trinajstić information content (AvgIpc) is 3.03. The molecule has 1 aromatic heterocycles. The standard InChI is InChI=1S/C18H18F3NO5/c1-17(2)16(24)15(22-14(23)9-10-4-3-7-25-10)12-8-11(26-18(19,20)21)5-6-13(12)27-17/h3-8,15-16,24H,9H2,1-2H3,(H,22,23)/t15-,16+/m1/s1. The highest BCUT2D eigenvalue weighted by molar-refractivity contribution is 5.78. The topological polar surface area (TPSA) is 80.9 Å². The minimum Gasteiger partial charge on any atom is -0.485 e. The van der Waals surface area contributed by atoms with Gasteiger partial charge in [-0.05, 0) is 44.2 Å². The largest absolute Gasteiger partial charge is 0.573 e. The lowest BCUT2D eigenvalue weighted by atomic mass is 9.86. The van der Waals surface area contributed by atoms with E-state index in [-0.39, 0.29) is 17.7 Å². The third-order valence-electron chi connectivity index (χ3n) is 4.18. The first-order valence-corrected chi connectivity index (χ1v) is 8.14. The van der Waals surface area contributed by atoms with E-state index in [0.29, 0.717) is 5.76 Å². The zero-order valence-electron chi connectivity index (χ0n) is 14.5. The smallest absolute Gasteiger partial charge is 0.485 e. The maximum absolute atomic E-state index is 12.5. The quantitative estimate of drug-likeness (QED) is 0.845. The molecule has 2 atom stereocenters. The van der Waals surface area contributed by atoms with Gasteiger partial charge in [0, 0.05) is 5.56 Å². The van der Waals surface area contributed by atoms with Crippen molar-refractivity contribution in [2.75, 3.05) is 0 Å². The van der Waals surface area contributed by atoms with Crippen LogP contribution in [0.2, 0.25) is 0 Å². The number of alkyl halides is 3. The number of carbonyl (C=O) groups excluding carboxylic acids is 1. The van der Waals surface area contributed by atoms with Gasteiger partial charge in [-0.25, -0.2) is 0 Å². The maximum atomic E-state index is 12.5. The van der Waals surface area contributed by atoms with Gasteiger partial charge in [0.1, 0.15) is 29.0 Å². The van der Waals surface area contributed by atoms with Crippen molar-refractivity contribution in [3.63, 3.8) is 0 Å². The normalized spacial score (nSPS) is 21.1. The van der Waals surface area contributed by atoms with Crippen LogP contribution in [0.25, 0.3) is 0 Å². The molecule has 1 aromatic carbocycles. The van der Waals surface area contributed by atoms with Crippen molar-refractivity contribution < 1.29 is 37.0 Å². The SMILES string of the molecule is CC1(C)Oc2ccc(OC(F)(F)F)cc2[C@@H](NC(=O)Cc2ccco2)[C@@H]1O. The molecule has 2 aromatic rings. The highest BCUT2D eigenvalue weighted by Crippen LogP contribution is 2.42. The molecular weight excluding hydrogens is 367 g/mol. The molecule has 0 saturated carbocycles. The number of hydrogen-bond acceptors (Lipinski definition) is 5. The summed E-state index contributed by atoms with van der Waals surface area (Å²) >= 11 is 0. The molecule has 9 heteroatoms. The van der Waals surface area contributed by atoms with E-state index in [1.807, 2.05) is 0 Å². The first kappa shape index (κ1) is 19.1. The fourth-order valence-corrected chi connectivity index (χ4v) is 2.93. The Morgan fingerprint density at radius 3 is 2.70 bits per heavy atom. The molecule has 146 valence electrons. The van der Waals surface area contributed by atoms with Crippen LogP contribution in [0.5, 0.6) is 11.5 Å². The number of ether oxygens (including phenoxy) is 2. The van der Waals surface area contributed by atoms with Crippen molar-refractivity contribution in [3.8, 4) is 11.5 Å². The number of benzene rings is 1. The van der Waals surface area contributed by atoms with E-state index in [2.05, 4.69) is 10.1 Å². The molecule has 0 unspecified atom stereocenters. The van der Waals surface area contributed by atoms with Gasteiger partial charge < -0.3 is 24.3 Å². The molecule has 1 aliphatic rings. The molecule has 6 nitrogen and oxygen atoms in total. The number of fused-ring (bicyclic) bond motifs is 1. The Morgan fingerprint density at radius 2 is 2.07 bits per heavy atom. The Hall–Kier alpha value is -2.68. The summed E-state index contributed by atoms with van der Waals surface area (Å²) in [5.41, 5.74) is -0.876. The number of aliphatic hydroxyl groups is 1. The summed E-state index contributed by atoms with van der Waals surface area (Å²) < 4.78 is 52.2. The van der Waals surface area contributed by atoms with Gasteiger partial charge in [0.25, 0.3) is 0 Å². The molecular formula is C18H18F3NO5. The third-order valence-corrected chi connectivity index (χ3v) is 4.18. The molecule has 0 aliphatic carbocycles. The summed E-state index contributed by atoms with van der Waals surface area (Å²) in [6, 6.07) is 5.79. The van der Waals surface area contributed by atoms with E-state index in [9.17, 15) is 23.1 Å². The Balaban J connectivity index is 1.89. The summed E-state index contributed by atoms with van der Waals surface area (Å²) in [5.74, 6) is -0.257. The van der Waals surface area contributed by atoms with Crippen molar-refractivity contribution in [1.29, 1.82) is 0 Å². The van der Waals surface area contributed by atoms with Gasteiger partial charge in [-0.15, -0.1) is 13.2 Å². The van der Waals surface area contributed by atoms with E-state index in [1.165, 1.54) is 12.3 Å². The van der Waals surface area contributed by atoms with Crippen LogP contribution in [0.4, 0.5) is 13.2 Å². The number of nitrogens with one attached hydrogen (secondary N) is 1. The second kappa shape index (κ2) is 6.80. The molecule has 0 spiro atoms. The summed E-state index contributed by atoms with van der Waals surface area (Å²) in [6.45, 7) is 3.23. The number of aliphatic hydroxyl groups excluding tert-OH is 1. The van der Waals surface area contributed by atoms with Gasteiger partial charge in [-0.2, -0.15) is 0 Å². The lowest BCUT2D eigenvalue weighted by Crippen LogP contribution is -2.53. The van der Waals surface area contributed by atoms with E-state index >= 15 is 0 Å². The minimum atomic E-state index is -4.86. The van der Waals surface area contributed by atoms with Crippen molar-refractivity contribution >= 4 is 5.91 Å². The summed E-state index contributed by atoms with van der Waals surface area (Å²) in [4.78, 5) is 12.3. The number of furan rings is 1. The Bertz CT molecular complexity index is 817. The Morgan fingerprint density at radius 1 is 1.33 bits per heavy atom. The minimum absolute atomic E-state index is 0.0778. The number of amides is 1. The van der Waals surface area contributed by atoms with Crippen LogP contribution in [0.15, 0.2) is 41.0 Å². The second-order valence-corrected chi connectivity index (χ2v) is 6.70. The van der Waals surface area contributed by atoms with Crippen LogP contribution in [0, 0.1) is 0 Å². The van der Waals surface area contributed by atoms with Crippen molar-refractivity contribution in [2.45, 2.75) is 44.4 Å². The first-order valence-electron chi connectivity index (χ1n) is 8.14. The molecule has 2 heterocycles. The Kier molecular flexibility index (Phi) is 4.81. The highest BCUT2D eigenvalue weighted by atomic mass is 19.4. The van der Waals surface area contributed by atoms with Gasteiger partial charge >= 0.3 is 6.36 Å². The van der Waals surface area contributed by atoms with Crippen LogP contribution in [0.1, 0.15) is 31.2 Å². The summed E-state index contributed by atoms with van der Waals surface area (Å²) in [5, 5.41) is 13.3. The molecule has 2 N–H and O–H groups in total. The number of carbonyl (C=O) groups is 1. The third kappa shape index (κ3) is 4.36. The van der Waals surface area contributed by atoms with Crippen molar-refractivity contribution in [2.24, 2.45) is 0 Å². The van der Waals surface area contributed by atoms with Gasteiger partial charge in [0.2, 0.25) is 5.91 Å². The second-order valence-electron chi connectivity index (χ2n) is 6.70. The molecule has 27 heavy (non-hydrogen) atoms. The molecule has 1 amide bonds. The highest BCUT2D eigenvalue weighted by Gasteiger charge is 2.44. The van der Waals surface area contributed by atoms with E-state index in [4.69, 9.17) is 9.15 Å². The van der Waals surface area contributed by atoms with Crippen molar-refractivity contribution in [1.82, 2.24) is 5.32 Å². The monoisotopic (exact) mass is 385 g/mol. The molecule has 0 radical (unpaired) electrons. The predicted octanol–water partition coefficient (Wildman–Crippen LogP) is 3.11. The summed E-state index contributed by atoms with van der Waals surface area (Å²) in [7, 11) is 0. The van der Waals surface area contributed by atoms with E-state index in [1.54, 1.807) is 26.0 Å². The van der Waals surface area contributed by atoms with Crippen molar-refractivity contribution in [3.05, 3.63) is 47.9 Å². The van der Waals surface area contributed by atoms with Gasteiger partial charge in [-0.3, -0.25) is 4.79 Å². The van der Waals surface area contributed by atoms with E-state index < -0.39 is 35.8 Å². The van der Waals surface area contributed by atoms with Crippen LogP contribution in [0.3, 0.4) is 0 Å². The van der Waals surface area contributed by atoms with E-state index in [0.717, 1.165) is 12.1 Å². The molecule has 1 aliphatic heterocycles. The van der Waals surface area contributed by atoms with Gasteiger partial charge in [0.05, 0.1) is 18.7 Å². The van der Waals surface area contributed by atoms with Gasteiger partial charge in [-0.1, -0.05) is 0 Å². The number of hydrogen-bond donors (Lipinski definition) is 2. The number of halogens is 3. The lowest BCUT2D eigenvalue weighted by molar-refractivity contribution is -0.274. The maximum Gasteiger partial charge on any atom is 0.573 e.